The SMILES string of the molecule is COC(=O)c1cc(CNC(=O)CCCc2nc(C(C)(C)C)no2)oc1C. The van der Waals surface area contributed by atoms with E-state index in [-0.39, 0.29) is 17.9 Å². The molecule has 2 aromatic heterocycles. The number of carbonyl (C=O) groups is 2. The highest BCUT2D eigenvalue weighted by Crippen LogP contribution is 2.19. The molecule has 1 amide bonds. The molecule has 0 radical (unpaired) electrons. The van der Waals surface area contributed by atoms with E-state index in [1.54, 1.807) is 13.0 Å². The van der Waals surface area contributed by atoms with Gasteiger partial charge in [0.2, 0.25) is 11.8 Å². The van der Waals surface area contributed by atoms with Gasteiger partial charge in [-0.15, -0.1) is 0 Å². The van der Waals surface area contributed by atoms with Gasteiger partial charge >= 0.3 is 5.97 Å². The number of esters is 1. The number of aryl methyl sites for hydroxylation is 2. The van der Waals surface area contributed by atoms with Crippen molar-refractivity contribution in [2.24, 2.45) is 0 Å². The van der Waals surface area contributed by atoms with Crippen molar-refractivity contribution in [3.8, 4) is 0 Å². The number of aromatic nitrogens is 2. The quantitative estimate of drug-likeness (QED) is 0.754. The summed E-state index contributed by atoms with van der Waals surface area (Å²) >= 11 is 0. The second-order valence-corrected chi connectivity index (χ2v) is 7.07. The predicted molar refractivity (Wildman–Crippen MR) is 92.6 cm³/mol. The van der Waals surface area contributed by atoms with Gasteiger partial charge in [-0.05, 0) is 19.4 Å². The average molecular weight is 363 g/mol. The molecule has 0 aliphatic rings. The van der Waals surface area contributed by atoms with Crippen LogP contribution >= 0.6 is 0 Å². The molecule has 0 saturated carbocycles. The van der Waals surface area contributed by atoms with Crippen molar-refractivity contribution in [3.63, 3.8) is 0 Å². The van der Waals surface area contributed by atoms with Gasteiger partial charge in [-0.2, -0.15) is 4.98 Å². The highest BCUT2D eigenvalue weighted by Gasteiger charge is 2.21. The summed E-state index contributed by atoms with van der Waals surface area (Å²) in [4.78, 5) is 27.8. The minimum atomic E-state index is -0.460. The molecular weight excluding hydrogens is 338 g/mol. The van der Waals surface area contributed by atoms with Gasteiger partial charge in [0.15, 0.2) is 5.82 Å². The van der Waals surface area contributed by atoms with Crippen molar-refractivity contribution in [2.75, 3.05) is 7.11 Å². The Bertz CT molecular complexity index is 770. The van der Waals surface area contributed by atoms with E-state index in [2.05, 4.69) is 20.2 Å². The van der Waals surface area contributed by atoms with Gasteiger partial charge in [0, 0.05) is 18.3 Å². The molecule has 0 atom stereocenters. The van der Waals surface area contributed by atoms with Gasteiger partial charge in [-0.3, -0.25) is 4.79 Å². The Morgan fingerprint density at radius 3 is 2.65 bits per heavy atom. The molecule has 0 saturated heterocycles. The van der Waals surface area contributed by atoms with Gasteiger partial charge in [0.25, 0.3) is 0 Å². The zero-order chi connectivity index (χ0) is 19.3. The van der Waals surface area contributed by atoms with E-state index in [4.69, 9.17) is 8.94 Å². The zero-order valence-corrected chi connectivity index (χ0v) is 15.8. The zero-order valence-electron chi connectivity index (χ0n) is 15.8. The third kappa shape index (κ3) is 5.18. The highest BCUT2D eigenvalue weighted by molar-refractivity contribution is 5.90. The summed E-state index contributed by atoms with van der Waals surface area (Å²) in [6.07, 6.45) is 1.47. The van der Waals surface area contributed by atoms with Crippen LogP contribution in [-0.2, 0) is 27.9 Å². The van der Waals surface area contributed by atoms with E-state index in [1.165, 1.54) is 7.11 Å². The number of nitrogens with one attached hydrogen (secondary N) is 1. The first-order valence-corrected chi connectivity index (χ1v) is 8.48. The lowest BCUT2D eigenvalue weighted by Crippen LogP contribution is -2.22. The molecule has 0 spiro atoms. The molecule has 8 nitrogen and oxygen atoms in total. The van der Waals surface area contributed by atoms with Crippen LogP contribution in [0.15, 0.2) is 15.0 Å². The molecule has 0 fully saturated rings. The van der Waals surface area contributed by atoms with Crippen LogP contribution in [0, 0.1) is 6.92 Å². The van der Waals surface area contributed by atoms with Crippen LogP contribution in [0.5, 0.6) is 0 Å². The molecule has 0 aromatic carbocycles. The Morgan fingerprint density at radius 2 is 2.04 bits per heavy atom. The fraction of sp³-hybridized carbons (Fsp3) is 0.556. The van der Waals surface area contributed by atoms with E-state index in [0.717, 1.165) is 0 Å². The molecule has 0 unspecified atom stereocenters. The van der Waals surface area contributed by atoms with Crippen LogP contribution < -0.4 is 5.32 Å². The number of rotatable bonds is 7. The van der Waals surface area contributed by atoms with Crippen LogP contribution in [0.2, 0.25) is 0 Å². The Balaban J connectivity index is 1.76. The maximum Gasteiger partial charge on any atom is 0.341 e. The predicted octanol–water partition coefficient (Wildman–Crippen LogP) is 2.69. The lowest BCUT2D eigenvalue weighted by atomic mass is 9.96. The first kappa shape index (κ1) is 19.7. The average Bonchev–Trinajstić information content (AvgIpc) is 3.19. The molecule has 1 N–H and O–H groups in total. The Kier molecular flexibility index (Phi) is 6.18. The molecule has 2 aromatic rings. The van der Waals surface area contributed by atoms with E-state index < -0.39 is 5.97 Å². The first-order chi connectivity index (χ1) is 12.2. The Hall–Kier alpha value is -2.64. The summed E-state index contributed by atoms with van der Waals surface area (Å²) in [5.41, 5.74) is 0.200. The van der Waals surface area contributed by atoms with Crippen molar-refractivity contribution in [1.29, 1.82) is 0 Å². The maximum atomic E-state index is 11.9. The Labute approximate surface area is 152 Å². The monoisotopic (exact) mass is 363 g/mol. The van der Waals surface area contributed by atoms with Crippen LogP contribution in [0.1, 0.15) is 67.2 Å². The molecule has 2 heterocycles. The van der Waals surface area contributed by atoms with Crippen molar-refractivity contribution in [3.05, 3.63) is 34.9 Å². The van der Waals surface area contributed by atoms with E-state index in [9.17, 15) is 9.59 Å². The number of ether oxygens (including phenoxy) is 1. The van der Waals surface area contributed by atoms with Crippen LogP contribution in [0.25, 0.3) is 0 Å². The van der Waals surface area contributed by atoms with Gasteiger partial charge in [0.05, 0.1) is 13.7 Å². The number of carbonyl (C=O) groups excluding carboxylic acids is 2. The van der Waals surface area contributed by atoms with Crippen molar-refractivity contribution >= 4 is 11.9 Å². The molecule has 142 valence electrons. The Morgan fingerprint density at radius 1 is 1.31 bits per heavy atom. The topological polar surface area (TPSA) is 107 Å². The van der Waals surface area contributed by atoms with E-state index in [1.807, 2.05) is 20.8 Å². The number of hydrogen-bond acceptors (Lipinski definition) is 7. The second kappa shape index (κ2) is 8.16. The number of methoxy groups -OCH3 is 1. The van der Waals surface area contributed by atoms with Crippen molar-refractivity contribution in [2.45, 2.75) is 58.9 Å². The van der Waals surface area contributed by atoms with E-state index in [0.29, 0.717) is 48.1 Å². The minimum Gasteiger partial charge on any atom is -0.465 e. The number of furan rings is 1. The summed E-state index contributed by atoms with van der Waals surface area (Å²) in [7, 11) is 1.31. The summed E-state index contributed by atoms with van der Waals surface area (Å²) < 4.78 is 15.3. The van der Waals surface area contributed by atoms with E-state index >= 15 is 0 Å². The van der Waals surface area contributed by atoms with Crippen molar-refractivity contribution in [1.82, 2.24) is 15.5 Å². The molecule has 26 heavy (non-hydrogen) atoms. The normalized spacial score (nSPS) is 11.4. The summed E-state index contributed by atoms with van der Waals surface area (Å²) in [5.74, 6) is 1.58. The lowest BCUT2D eigenvalue weighted by molar-refractivity contribution is -0.121. The molecular formula is C18H25N3O5. The van der Waals surface area contributed by atoms with Crippen LogP contribution in [0.3, 0.4) is 0 Å². The third-order valence-electron chi connectivity index (χ3n) is 3.77. The molecule has 8 heteroatoms. The molecule has 2 rings (SSSR count). The van der Waals surface area contributed by atoms with Gasteiger partial charge in [0.1, 0.15) is 17.1 Å². The molecule has 0 aliphatic carbocycles. The molecule has 0 aliphatic heterocycles. The summed E-state index contributed by atoms with van der Waals surface area (Å²) in [6.45, 7) is 7.92. The van der Waals surface area contributed by atoms with Crippen LogP contribution in [-0.4, -0.2) is 29.1 Å². The summed E-state index contributed by atoms with van der Waals surface area (Å²) in [5, 5.41) is 6.72. The first-order valence-electron chi connectivity index (χ1n) is 8.48. The van der Waals surface area contributed by atoms with Gasteiger partial charge < -0.3 is 19.0 Å². The second-order valence-electron chi connectivity index (χ2n) is 7.07. The number of amides is 1. The lowest BCUT2D eigenvalue weighted by Gasteiger charge is -2.10. The largest absolute Gasteiger partial charge is 0.465 e. The fourth-order valence-electron chi connectivity index (χ4n) is 2.28. The molecule has 0 bridgehead atoms. The number of nitrogens with zero attached hydrogens (tertiary/aromatic N) is 2. The fourth-order valence-corrected chi connectivity index (χ4v) is 2.28. The van der Waals surface area contributed by atoms with Gasteiger partial charge in [-0.25, -0.2) is 4.79 Å². The maximum absolute atomic E-state index is 11.9. The standard InChI is InChI=1S/C18H25N3O5/c1-11-13(16(23)24-5)9-12(25-11)10-19-14(22)7-6-8-15-20-17(21-26-15)18(2,3)4/h9H,6-8,10H2,1-5H3,(H,19,22). The smallest absolute Gasteiger partial charge is 0.341 e. The van der Waals surface area contributed by atoms with Crippen molar-refractivity contribution < 1.29 is 23.3 Å². The summed E-state index contributed by atoms with van der Waals surface area (Å²) in [6, 6.07) is 1.58. The third-order valence-corrected chi connectivity index (χ3v) is 3.77. The van der Waals surface area contributed by atoms with Crippen LogP contribution in [0.4, 0.5) is 0 Å². The highest BCUT2D eigenvalue weighted by atomic mass is 16.5. The number of hydrogen-bond donors (Lipinski definition) is 1. The van der Waals surface area contributed by atoms with Gasteiger partial charge in [-0.1, -0.05) is 25.9 Å². The minimum absolute atomic E-state index is 0.116.